The van der Waals surface area contributed by atoms with Crippen LogP contribution in [0, 0.1) is 5.92 Å². The summed E-state index contributed by atoms with van der Waals surface area (Å²) in [5.41, 5.74) is 0. The van der Waals surface area contributed by atoms with E-state index in [1.165, 1.54) is 38.5 Å². The number of hydrogen-bond donors (Lipinski definition) is 1. The van der Waals surface area contributed by atoms with Crippen LogP contribution in [-0.4, -0.2) is 11.9 Å². The molecule has 0 saturated heterocycles. The van der Waals surface area contributed by atoms with Crippen LogP contribution >= 0.6 is 0 Å². The van der Waals surface area contributed by atoms with Gasteiger partial charge in [-0.2, -0.15) is 0 Å². The van der Waals surface area contributed by atoms with Crippen molar-refractivity contribution in [2.24, 2.45) is 5.92 Å². The number of nitrogens with one attached hydrogen (secondary N) is 1. The number of amides is 1. The third-order valence-corrected chi connectivity index (χ3v) is 3.19. The van der Waals surface area contributed by atoms with Gasteiger partial charge in [-0.05, 0) is 32.6 Å². The molecule has 1 amide bonds. The van der Waals surface area contributed by atoms with E-state index < -0.39 is 0 Å². The van der Waals surface area contributed by atoms with Crippen molar-refractivity contribution in [2.75, 3.05) is 0 Å². The minimum absolute atomic E-state index is 0.223. The summed E-state index contributed by atoms with van der Waals surface area (Å²) >= 11 is 0. The minimum Gasteiger partial charge on any atom is -0.354 e. The molecular weight excluding hydrogens is 186 g/mol. The van der Waals surface area contributed by atoms with Crippen LogP contribution in [0.25, 0.3) is 0 Å². The Hall–Kier alpha value is -0.530. The molecule has 0 unspecified atom stereocenters. The molecule has 0 atom stereocenters. The summed E-state index contributed by atoms with van der Waals surface area (Å²) < 4.78 is 0. The second-order valence-electron chi connectivity index (χ2n) is 5.12. The lowest BCUT2D eigenvalue weighted by atomic mass is 9.86. The van der Waals surface area contributed by atoms with Crippen LogP contribution in [0.2, 0.25) is 0 Å². The van der Waals surface area contributed by atoms with Crippen molar-refractivity contribution >= 4 is 5.91 Å². The minimum atomic E-state index is 0.223. The highest BCUT2D eigenvalue weighted by molar-refractivity contribution is 5.76. The molecule has 1 rings (SSSR count). The molecule has 2 heteroatoms. The second kappa shape index (κ2) is 6.86. The molecule has 2 nitrogen and oxygen atoms in total. The predicted molar refractivity (Wildman–Crippen MR) is 63.7 cm³/mol. The zero-order valence-corrected chi connectivity index (χ0v) is 10.2. The van der Waals surface area contributed by atoms with Gasteiger partial charge in [0.1, 0.15) is 0 Å². The molecule has 1 aliphatic rings. The van der Waals surface area contributed by atoms with Crippen molar-refractivity contribution in [1.29, 1.82) is 0 Å². The molecule has 0 aromatic carbocycles. The van der Waals surface area contributed by atoms with Gasteiger partial charge in [-0.1, -0.05) is 32.1 Å². The zero-order chi connectivity index (χ0) is 11.1. The predicted octanol–water partition coefficient (Wildman–Crippen LogP) is 3.26. The first-order valence-corrected chi connectivity index (χ1v) is 6.48. The summed E-state index contributed by atoms with van der Waals surface area (Å²) in [5, 5.41) is 2.94. The number of rotatable bonds is 5. The van der Waals surface area contributed by atoms with Crippen LogP contribution in [-0.2, 0) is 4.79 Å². The summed E-state index contributed by atoms with van der Waals surface area (Å²) in [6, 6.07) is 0.284. The van der Waals surface area contributed by atoms with Gasteiger partial charge in [-0.3, -0.25) is 4.79 Å². The second-order valence-corrected chi connectivity index (χ2v) is 5.12. The molecule has 0 radical (unpaired) electrons. The summed E-state index contributed by atoms with van der Waals surface area (Å²) in [4.78, 5) is 11.4. The van der Waals surface area contributed by atoms with Gasteiger partial charge in [-0.25, -0.2) is 0 Å². The highest BCUT2D eigenvalue weighted by Crippen LogP contribution is 2.27. The highest BCUT2D eigenvalue weighted by Gasteiger charge is 2.13. The van der Waals surface area contributed by atoms with E-state index in [0.717, 1.165) is 12.3 Å². The lowest BCUT2D eigenvalue weighted by molar-refractivity contribution is -0.121. The van der Waals surface area contributed by atoms with Crippen molar-refractivity contribution in [3.63, 3.8) is 0 Å². The smallest absolute Gasteiger partial charge is 0.220 e. The average molecular weight is 211 g/mol. The number of hydrogen-bond acceptors (Lipinski definition) is 1. The average Bonchev–Trinajstić information content (AvgIpc) is 2.18. The number of carbonyl (C=O) groups excluding carboxylic acids is 1. The molecule has 0 aromatic rings. The van der Waals surface area contributed by atoms with Crippen LogP contribution < -0.4 is 5.32 Å². The Kier molecular flexibility index (Phi) is 5.74. The lowest BCUT2D eigenvalue weighted by Gasteiger charge is -2.21. The molecule has 1 aliphatic carbocycles. The van der Waals surface area contributed by atoms with E-state index in [2.05, 4.69) is 5.32 Å². The van der Waals surface area contributed by atoms with Gasteiger partial charge in [0, 0.05) is 12.5 Å². The maximum absolute atomic E-state index is 11.4. The fraction of sp³-hybridized carbons (Fsp3) is 0.923. The van der Waals surface area contributed by atoms with Crippen LogP contribution in [0.15, 0.2) is 0 Å². The van der Waals surface area contributed by atoms with Gasteiger partial charge in [0.2, 0.25) is 5.91 Å². The van der Waals surface area contributed by atoms with Crippen molar-refractivity contribution in [1.82, 2.24) is 5.32 Å². The zero-order valence-electron chi connectivity index (χ0n) is 10.2. The highest BCUT2D eigenvalue weighted by atomic mass is 16.1. The Balaban J connectivity index is 2.02. The van der Waals surface area contributed by atoms with Gasteiger partial charge >= 0.3 is 0 Å². The first-order chi connectivity index (χ1) is 7.18. The van der Waals surface area contributed by atoms with Crippen LogP contribution in [0.4, 0.5) is 0 Å². The molecule has 0 spiro atoms. The van der Waals surface area contributed by atoms with Gasteiger partial charge < -0.3 is 5.32 Å². The fourth-order valence-corrected chi connectivity index (χ4v) is 2.42. The molecule has 1 N–H and O–H groups in total. The topological polar surface area (TPSA) is 29.1 Å². The van der Waals surface area contributed by atoms with Gasteiger partial charge in [-0.15, -0.1) is 0 Å². The third kappa shape index (κ3) is 5.81. The third-order valence-electron chi connectivity index (χ3n) is 3.19. The molecule has 15 heavy (non-hydrogen) atoms. The van der Waals surface area contributed by atoms with Crippen molar-refractivity contribution in [2.45, 2.75) is 71.3 Å². The van der Waals surface area contributed by atoms with Crippen molar-refractivity contribution in [3.05, 3.63) is 0 Å². The molecule has 0 bridgehead atoms. The summed E-state index contributed by atoms with van der Waals surface area (Å²) in [6.45, 7) is 4.03. The van der Waals surface area contributed by atoms with Crippen LogP contribution in [0.5, 0.6) is 0 Å². The summed E-state index contributed by atoms with van der Waals surface area (Å²) in [5.74, 6) is 1.13. The van der Waals surface area contributed by atoms with E-state index in [9.17, 15) is 4.79 Å². The van der Waals surface area contributed by atoms with E-state index in [4.69, 9.17) is 0 Å². The fourth-order valence-electron chi connectivity index (χ4n) is 2.42. The molecule has 88 valence electrons. The van der Waals surface area contributed by atoms with E-state index in [0.29, 0.717) is 6.42 Å². The Morgan fingerprint density at radius 3 is 2.53 bits per heavy atom. The van der Waals surface area contributed by atoms with E-state index >= 15 is 0 Å². The van der Waals surface area contributed by atoms with Crippen LogP contribution in [0.1, 0.15) is 65.2 Å². The summed E-state index contributed by atoms with van der Waals surface area (Å²) in [6.07, 6.45) is 10.1. The lowest BCUT2D eigenvalue weighted by Crippen LogP contribution is -2.29. The molecular formula is C13H25NO. The standard InChI is InChI=1S/C13H25NO/c1-11(2)14-13(15)10-6-9-12-7-4-3-5-8-12/h11-12H,3-10H2,1-2H3,(H,14,15). The SMILES string of the molecule is CC(C)NC(=O)CCCC1CCCCC1. The van der Waals surface area contributed by atoms with E-state index in [1.54, 1.807) is 0 Å². The Morgan fingerprint density at radius 2 is 1.93 bits per heavy atom. The Labute approximate surface area is 93.8 Å². The Bertz CT molecular complexity index is 183. The maximum atomic E-state index is 11.4. The van der Waals surface area contributed by atoms with Gasteiger partial charge in [0.25, 0.3) is 0 Å². The molecule has 0 heterocycles. The first kappa shape index (κ1) is 12.5. The van der Waals surface area contributed by atoms with Gasteiger partial charge in [0.15, 0.2) is 0 Å². The van der Waals surface area contributed by atoms with Crippen LogP contribution in [0.3, 0.4) is 0 Å². The van der Waals surface area contributed by atoms with E-state index in [1.807, 2.05) is 13.8 Å². The Morgan fingerprint density at radius 1 is 1.27 bits per heavy atom. The molecule has 0 aromatic heterocycles. The van der Waals surface area contributed by atoms with Gasteiger partial charge in [0.05, 0.1) is 0 Å². The first-order valence-electron chi connectivity index (χ1n) is 6.48. The largest absolute Gasteiger partial charge is 0.354 e. The monoisotopic (exact) mass is 211 g/mol. The van der Waals surface area contributed by atoms with E-state index in [-0.39, 0.29) is 11.9 Å². The normalized spacial score (nSPS) is 18.1. The van der Waals surface area contributed by atoms with Crippen molar-refractivity contribution in [3.8, 4) is 0 Å². The van der Waals surface area contributed by atoms with Crippen molar-refractivity contribution < 1.29 is 4.79 Å². The molecule has 1 saturated carbocycles. The maximum Gasteiger partial charge on any atom is 0.220 e. The quantitative estimate of drug-likeness (QED) is 0.743. The summed E-state index contributed by atoms with van der Waals surface area (Å²) in [7, 11) is 0. The number of carbonyl (C=O) groups is 1. The molecule has 1 fully saturated rings. The molecule has 0 aliphatic heterocycles.